The predicted octanol–water partition coefficient (Wildman–Crippen LogP) is 1.70. The molecule has 0 aromatic heterocycles. The van der Waals surface area contributed by atoms with Gasteiger partial charge in [0.1, 0.15) is 0 Å². The van der Waals surface area contributed by atoms with Crippen molar-refractivity contribution in [3.63, 3.8) is 0 Å². The molecule has 82 valence electrons. The van der Waals surface area contributed by atoms with Gasteiger partial charge in [-0.3, -0.25) is 4.79 Å². The molecule has 2 atom stereocenters. The Kier molecular flexibility index (Phi) is 4.39. The van der Waals surface area contributed by atoms with Crippen molar-refractivity contribution in [2.75, 3.05) is 6.61 Å². The summed E-state index contributed by atoms with van der Waals surface area (Å²) in [6.07, 6.45) is 3.62. The molecule has 0 heterocycles. The second-order valence-corrected chi connectivity index (χ2v) is 4.62. The predicted molar refractivity (Wildman–Crippen MR) is 55.7 cm³/mol. The summed E-state index contributed by atoms with van der Waals surface area (Å²) < 4.78 is 5.19. The number of hydrogen-bond donors (Lipinski definition) is 1. The van der Waals surface area contributed by atoms with Gasteiger partial charge in [-0.25, -0.2) is 0 Å². The Morgan fingerprint density at radius 3 is 2.71 bits per heavy atom. The largest absolute Gasteiger partial charge is 0.465 e. The van der Waals surface area contributed by atoms with E-state index >= 15 is 0 Å². The number of nitrogens with two attached hydrogens (primary N) is 1. The molecule has 0 radical (unpaired) electrons. The Bertz CT molecular complexity index is 192. The maximum absolute atomic E-state index is 11.5. The zero-order chi connectivity index (χ0) is 10.6. The Morgan fingerprint density at radius 2 is 2.21 bits per heavy atom. The molecule has 2 N–H and O–H groups in total. The molecule has 0 aromatic carbocycles. The highest BCUT2D eigenvalue weighted by Crippen LogP contribution is 2.25. The molecule has 0 spiro atoms. The molecule has 0 aromatic rings. The van der Waals surface area contributed by atoms with Crippen LogP contribution in [0.15, 0.2) is 0 Å². The van der Waals surface area contributed by atoms with Crippen LogP contribution in [-0.2, 0) is 9.53 Å². The third kappa shape index (κ3) is 3.66. The van der Waals surface area contributed by atoms with Crippen LogP contribution in [0.25, 0.3) is 0 Å². The first-order chi connectivity index (χ1) is 6.59. The van der Waals surface area contributed by atoms with Gasteiger partial charge in [-0.1, -0.05) is 13.8 Å². The SMILES string of the molecule is CC(C)CCOC(=O)[C@@H]1CC[C@H](N)C1. The summed E-state index contributed by atoms with van der Waals surface area (Å²) in [6, 6.07) is 0.206. The van der Waals surface area contributed by atoms with Gasteiger partial charge in [0.05, 0.1) is 12.5 Å². The fourth-order valence-corrected chi connectivity index (χ4v) is 1.74. The first-order valence-electron chi connectivity index (χ1n) is 5.51. The number of hydrogen-bond acceptors (Lipinski definition) is 3. The monoisotopic (exact) mass is 199 g/mol. The molecule has 3 heteroatoms. The van der Waals surface area contributed by atoms with Gasteiger partial charge in [0.2, 0.25) is 0 Å². The van der Waals surface area contributed by atoms with Gasteiger partial charge in [0.15, 0.2) is 0 Å². The van der Waals surface area contributed by atoms with Crippen LogP contribution in [0.3, 0.4) is 0 Å². The van der Waals surface area contributed by atoms with Crippen molar-refractivity contribution in [1.82, 2.24) is 0 Å². The van der Waals surface area contributed by atoms with Gasteiger partial charge >= 0.3 is 5.97 Å². The molecular weight excluding hydrogens is 178 g/mol. The summed E-state index contributed by atoms with van der Waals surface area (Å²) in [4.78, 5) is 11.5. The topological polar surface area (TPSA) is 52.3 Å². The van der Waals surface area contributed by atoms with Crippen LogP contribution in [0, 0.1) is 11.8 Å². The average molecular weight is 199 g/mol. The lowest BCUT2D eigenvalue weighted by atomic mass is 10.1. The van der Waals surface area contributed by atoms with E-state index in [9.17, 15) is 4.79 Å². The Morgan fingerprint density at radius 1 is 1.50 bits per heavy atom. The van der Waals surface area contributed by atoms with Gasteiger partial charge in [0, 0.05) is 6.04 Å². The quantitative estimate of drug-likeness (QED) is 0.701. The van der Waals surface area contributed by atoms with E-state index in [0.717, 1.165) is 25.7 Å². The Balaban J connectivity index is 2.15. The third-order valence-corrected chi connectivity index (χ3v) is 2.75. The van der Waals surface area contributed by atoms with Crippen molar-refractivity contribution >= 4 is 5.97 Å². The lowest BCUT2D eigenvalue weighted by Gasteiger charge is -2.10. The summed E-state index contributed by atoms with van der Waals surface area (Å²) in [5.41, 5.74) is 5.73. The fourth-order valence-electron chi connectivity index (χ4n) is 1.74. The van der Waals surface area contributed by atoms with Gasteiger partial charge in [-0.2, -0.15) is 0 Å². The van der Waals surface area contributed by atoms with Crippen LogP contribution in [-0.4, -0.2) is 18.6 Å². The highest BCUT2D eigenvalue weighted by Gasteiger charge is 2.28. The summed E-state index contributed by atoms with van der Waals surface area (Å²) in [6.45, 7) is 4.81. The molecule has 14 heavy (non-hydrogen) atoms. The number of rotatable bonds is 4. The molecule has 0 bridgehead atoms. The zero-order valence-corrected chi connectivity index (χ0v) is 9.16. The minimum Gasteiger partial charge on any atom is -0.465 e. The highest BCUT2D eigenvalue weighted by atomic mass is 16.5. The van der Waals surface area contributed by atoms with Crippen LogP contribution in [0.2, 0.25) is 0 Å². The van der Waals surface area contributed by atoms with Crippen molar-refractivity contribution < 1.29 is 9.53 Å². The molecule has 1 rings (SSSR count). The van der Waals surface area contributed by atoms with Gasteiger partial charge in [-0.15, -0.1) is 0 Å². The minimum absolute atomic E-state index is 0.0430. The van der Waals surface area contributed by atoms with Crippen LogP contribution in [0.4, 0.5) is 0 Å². The van der Waals surface area contributed by atoms with E-state index in [0.29, 0.717) is 12.5 Å². The van der Waals surface area contributed by atoms with Crippen LogP contribution >= 0.6 is 0 Å². The number of carbonyl (C=O) groups excluding carboxylic acids is 1. The van der Waals surface area contributed by atoms with Gasteiger partial charge < -0.3 is 10.5 Å². The summed E-state index contributed by atoms with van der Waals surface area (Å²) in [7, 11) is 0. The molecule has 1 saturated carbocycles. The van der Waals surface area contributed by atoms with E-state index in [1.807, 2.05) is 0 Å². The normalized spacial score (nSPS) is 26.9. The smallest absolute Gasteiger partial charge is 0.308 e. The summed E-state index contributed by atoms with van der Waals surface area (Å²) >= 11 is 0. The molecule has 0 aliphatic heterocycles. The van der Waals surface area contributed by atoms with E-state index in [-0.39, 0.29) is 17.9 Å². The van der Waals surface area contributed by atoms with Crippen molar-refractivity contribution in [3.8, 4) is 0 Å². The summed E-state index contributed by atoms with van der Waals surface area (Å²) in [5, 5.41) is 0. The number of carbonyl (C=O) groups is 1. The lowest BCUT2D eigenvalue weighted by Crippen LogP contribution is -2.20. The maximum atomic E-state index is 11.5. The molecule has 0 unspecified atom stereocenters. The van der Waals surface area contributed by atoms with Crippen LogP contribution in [0.5, 0.6) is 0 Å². The van der Waals surface area contributed by atoms with Gasteiger partial charge in [-0.05, 0) is 31.6 Å². The molecule has 0 saturated heterocycles. The molecule has 0 amide bonds. The second kappa shape index (κ2) is 5.35. The average Bonchev–Trinajstić information content (AvgIpc) is 2.51. The Hall–Kier alpha value is -0.570. The van der Waals surface area contributed by atoms with Crippen molar-refractivity contribution in [3.05, 3.63) is 0 Å². The minimum atomic E-state index is -0.0430. The molecule has 1 aliphatic rings. The van der Waals surface area contributed by atoms with E-state index in [4.69, 9.17) is 10.5 Å². The number of esters is 1. The first-order valence-corrected chi connectivity index (χ1v) is 5.51. The lowest BCUT2D eigenvalue weighted by molar-refractivity contribution is -0.148. The fraction of sp³-hybridized carbons (Fsp3) is 0.909. The van der Waals surface area contributed by atoms with Crippen LogP contribution < -0.4 is 5.73 Å². The third-order valence-electron chi connectivity index (χ3n) is 2.75. The van der Waals surface area contributed by atoms with E-state index in [1.165, 1.54) is 0 Å². The highest BCUT2D eigenvalue weighted by molar-refractivity contribution is 5.72. The van der Waals surface area contributed by atoms with Gasteiger partial charge in [0.25, 0.3) is 0 Å². The second-order valence-electron chi connectivity index (χ2n) is 4.62. The summed E-state index contributed by atoms with van der Waals surface area (Å²) in [5.74, 6) is 0.615. The molecule has 1 fully saturated rings. The zero-order valence-electron chi connectivity index (χ0n) is 9.16. The van der Waals surface area contributed by atoms with Crippen molar-refractivity contribution in [2.45, 2.75) is 45.6 Å². The molecular formula is C11H21NO2. The van der Waals surface area contributed by atoms with E-state index < -0.39 is 0 Å². The van der Waals surface area contributed by atoms with Crippen molar-refractivity contribution in [2.24, 2.45) is 17.6 Å². The van der Waals surface area contributed by atoms with E-state index in [2.05, 4.69) is 13.8 Å². The Labute approximate surface area is 86.0 Å². The maximum Gasteiger partial charge on any atom is 0.308 e. The van der Waals surface area contributed by atoms with E-state index in [1.54, 1.807) is 0 Å². The standard InChI is InChI=1S/C11H21NO2/c1-8(2)5-6-14-11(13)9-3-4-10(12)7-9/h8-10H,3-7,12H2,1-2H3/t9-,10+/m1/s1. The van der Waals surface area contributed by atoms with Crippen molar-refractivity contribution in [1.29, 1.82) is 0 Å². The first kappa shape index (κ1) is 11.5. The van der Waals surface area contributed by atoms with Crippen LogP contribution in [0.1, 0.15) is 39.5 Å². The number of ether oxygens (including phenoxy) is 1. The molecule has 3 nitrogen and oxygen atoms in total. The molecule has 1 aliphatic carbocycles.